The molecule has 3 heterocycles. The van der Waals surface area contributed by atoms with Crippen LogP contribution in [0.25, 0.3) is 16.6 Å². The number of rotatable bonds is 4. The van der Waals surface area contributed by atoms with Crippen LogP contribution in [0, 0.1) is 13.8 Å². The van der Waals surface area contributed by atoms with Crippen molar-refractivity contribution < 1.29 is 9.32 Å². The van der Waals surface area contributed by atoms with Crippen molar-refractivity contribution in [3.63, 3.8) is 0 Å². The number of benzene rings is 1. The molecule has 0 radical (unpaired) electrons. The number of amides is 1. The van der Waals surface area contributed by atoms with Gasteiger partial charge in [-0.15, -0.1) is 10.2 Å². The van der Waals surface area contributed by atoms with Crippen LogP contribution in [-0.2, 0) is 4.79 Å². The predicted molar refractivity (Wildman–Crippen MR) is 100 cm³/mol. The van der Waals surface area contributed by atoms with Crippen LogP contribution in [0.15, 0.2) is 46.1 Å². The summed E-state index contributed by atoms with van der Waals surface area (Å²) in [5.41, 5.74) is 2.93. The van der Waals surface area contributed by atoms with Gasteiger partial charge in [-0.2, -0.15) is 0 Å². The maximum Gasteiger partial charge on any atom is 0.238 e. The van der Waals surface area contributed by atoms with E-state index in [0.717, 1.165) is 22.1 Å². The van der Waals surface area contributed by atoms with Crippen LogP contribution in [0.2, 0.25) is 0 Å². The smallest absolute Gasteiger partial charge is 0.238 e. The third-order valence-corrected chi connectivity index (χ3v) is 5.15. The van der Waals surface area contributed by atoms with E-state index in [1.165, 1.54) is 11.8 Å². The zero-order valence-corrected chi connectivity index (χ0v) is 15.4. The molecule has 1 unspecified atom stereocenters. The van der Waals surface area contributed by atoms with Crippen LogP contribution in [0.4, 0.5) is 5.82 Å². The van der Waals surface area contributed by atoms with Crippen molar-refractivity contribution in [2.75, 3.05) is 5.32 Å². The summed E-state index contributed by atoms with van der Waals surface area (Å²) in [5.74, 6) is 0.884. The molecule has 1 aromatic carbocycles. The SMILES string of the molecule is Cc1cc(NC(=O)C(C)Sc2nnc3cc(C)c4ccccc4n23)no1. The average Bonchev–Trinajstić information content (AvgIpc) is 3.21. The van der Waals surface area contributed by atoms with Crippen molar-refractivity contribution in [3.8, 4) is 0 Å². The lowest BCUT2D eigenvalue weighted by Gasteiger charge is -2.11. The summed E-state index contributed by atoms with van der Waals surface area (Å²) < 4.78 is 6.95. The quantitative estimate of drug-likeness (QED) is 0.555. The van der Waals surface area contributed by atoms with E-state index in [9.17, 15) is 4.79 Å². The molecule has 1 atom stereocenters. The zero-order chi connectivity index (χ0) is 18.3. The lowest BCUT2D eigenvalue weighted by Crippen LogP contribution is -2.22. The first-order valence-corrected chi connectivity index (χ1v) is 9.05. The van der Waals surface area contributed by atoms with Crippen LogP contribution < -0.4 is 5.32 Å². The molecule has 0 spiro atoms. The Morgan fingerprint density at radius 2 is 2.04 bits per heavy atom. The van der Waals surface area contributed by atoms with E-state index in [2.05, 4.69) is 33.7 Å². The summed E-state index contributed by atoms with van der Waals surface area (Å²) in [5, 5.41) is 16.5. The topological polar surface area (TPSA) is 85.3 Å². The van der Waals surface area contributed by atoms with Crippen LogP contribution in [0.5, 0.6) is 0 Å². The van der Waals surface area contributed by atoms with E-state index in [1.54, 1.807) is 13.0 Å². The number of fused-ring (bicyclic) bond motifs is 3. The van der Waals surface area contributed by atoms with Gasteiger partial charge in [-0.25, -0.2) is 0 Å². The van der Waals surface area contributed by atoms with Gasteiger partial charge in [0.15, 0.2) is 16.6 Å². The maximum absolute atomic E-state index is 12.4. The highest BCUT2D eigenvalue weighted by atomic mass is 32.2. The van der Waals surface area contributed by atoms with Gasteiger partial charge >= 0.3 is 0 Å². The molecule has 26 heavy (non-hydrogen) atoms. The Bertz CT molecular complexity index is 1120. The van der Waals surface area contributed by atoms with Gasteiger partial charge in [0.2, 0.25) is 5.91 Å². The lowest BCUT2D eigenvalue weighted by atomic mass is 10.1. The van der Waals surface area contributed by atoms with E-state index in [4.69, 9.17) is 4.52 Å². The number of carbonyl (C=O) groups excluding carboxylic acids is 1. The van der Waals surface area contributed by atoms with Crippen LogP contribution >= 0.6 is 11.8 Å². The number of hydrogen-bond donors (Lipinski definition) is 1. The average molecular weight is 367 g/mol. The molecule has 1 N–H and O–H groups in total. The molecule has 0 saturated carbocycles. The van der Waals surface area contributed by atoms with Gasteiger partial charge in [0.25, 0.3) is 0 Å². The number of thioether (sulfide) groups is 1. The Kier molecular flexibility index (Phi) is 4.12. The summed E-state index contributed by atoms with van der Waals surface area (Å²) in [6.07, 6.45) is 0. The van der Waals surface area contributed by atoms with Gasteiger partial charge in [-0.3, -0.25) is 9.20 Å². The Hall–Kier alpha value is -2.87. The molecule has 1 amide bonds. The van der Waals surface area contributed by atoms with Gasteiger partial charge in [-0.05, 0) is 38.5 Å². The molecule has 0 aliphatic rings. The van der Waals surface area contributed by atoms with E-state index >= 15 is 0 Å². The van der Waals surface area contributed by atoms with Crippen LogP contribution in [0.3, 0.4) is 0 Å². The van der Waals surface area contributed by atoms with Crippen LogP contribution in [-0.4, -0.2) is 30.9 Å². The monoisotopic (exact) mass is 367 g/mol. The number of anilines is 1. The summed E-state index contributed by atoms with van der Waals surface area (Å²) in [7, 11) is 0. The molecule has 8 heteroatoms. The number of para-hydroxylation sites is 1. The third-order valence-electron chi connectivity index (χ3n) is 4.10. The van der Waals surface area contributed by atoms with Gasteiger partial charge in [0.1, 0.15) is 5.76 Å². The molecule has 4 rings (SSSR count). The highest BCUT2D eigenvalue weighted by Gasteiger charge is 2.20. The summed E-state index contributed by atoms with van der Waals surface area (Å²) in [4.78, 5) is 12.4. The van der Waals surface area contributed by atoms with Gasteiger partial charge < -0.3 is 9.84 Å². The minimum atomic E-state index is -0.375. The Morgan fingerprint density at radius 3 is 2.81 bits per heavy atom. The van der Waals surface area contributed by atoms with Crippen molar-refractivity contribution in [3.05, 3.63) is 47.7 Å². The first-order valence-electron chi connectivity index (χ1n) is 8.17. The van der Waals surface area contributed by atoms with Crippen molar-refractivity contribution in [1.82, 2.24) is 19.8 Å². The van der Waals surface area contributed by atoms with Crippen molar-refractivity contribution in [1.29, 1.82) is 0 Å². The summed E-state index contributed by atoms with van der Waals surface area (Å²) in [6.45, 7) is 5.65. The van der Waals surface area contributed by atoms with Crippen molar-refractivity contribution in [2.24, 2.45) is 0 Å². The second-order valence-electron chi connectivity index (χ2n) is 6.09. The molecular weight excluding hydrogens is 350 g/mol. The summed E-state index contributed by atoms with van der Waals surface area (Å²) in [6, 6.07) is 11.8. The predicted octanol–water partition coefficient (Wildman–Crippen LogP) is 3.61. The van der Waals surface area contributed by atoms with Gasteiger partial charge in [0, 0.05) is 11.5 Å². The maximum atomic E-state index is 12.4. The van der Waals surface area contributed by atoms with E-state index in [1.807, 2.05) is 35.6 Å². The molecule has 0 aliphatic carbocycles. The van der Waals surface area contributed by atoms with E-state index in [-0.39, 0.29) is 11.2 Å². The first-order chi connectivity index (χ1) is 12.5. The largest absolute Gasteiger partial charge is 0.360 e. The fourth-order valence-electron chi connectivity index (χ4n) is 2.82. The lowest BCUT2D eigenvalue weighted by molar-refractivity contribution is -0.115. The fraction of sp³-hybridized carbons (Fsp3) is 0.222. The molecule has 0 fully saturated rings. The summed E-state index contributed by atoms with van der Waals surface area (Å²) >= 11 is 1.35. The number of aromatic nitrogens is 4. The fourth-order valence-corrected chi connectivity index (χ4v) is 3.68. The van der Waals surface area contributed by atoms with E-state index < -0.39 is 0 Å². The molecule has 7 nitrogen and oxygen atoms in total. The van der Waals surface area contributed by atoms with Crippen molar-refractivity contribution in [2.45, 2.75) is 31.2 Å². The number of hydrogen-bond acceptors (Lipinski definition) is 6. The Morgan fingerprint density at radius 1 is 1.23 bits per heavy atom. The zero-order valence-electron chi connectivity index (χ0n) is 14.6. The highest BCUT2D eigenvalue weighted by molar-refractivity contribution is 8.00. The molecule has 3 aromatic heterocycles. The normalized spacial score (nSPS) is 12.6. The molecule has 0 aliphatic heterocycles. The number of carbonyl (C=O) groups is 1. The number of pyridine rings is 1. The Labute approximate surface area is 153 Å². The molecule has 4 aromatic rings. The van der Waals surface area contributed by atoms with Gasteiger partial charge in [0.05, 0.1) is 10.8 Å². The molecular formula is C18H17N5O2S. The highest BCUT2D eigenvalue weighted by Crippen LogP contribution is 2.28. The second kappa shape index (κ2) is 6.45. The van der Waals surface area contributed by atoms with Gasteiger partial charge in [-0.1, -0.05) is 35.1 Å². The molecule has 132 valence electrons. The number of nitrogens with zero attached hydrogens (tertiary/aromatic N) is 4. The number of nitrogens with one attached hydrogen (secondary N) is 1. The second-order valence-corrected chi connectivity index (χ2v) is 7.40. The Balaban J connectivity index is 1.64. The number of aryl methyl sites for hydroxylation is 2. The van der Waals surface area contributed by atoms with E-state index in [0.29, 0.717) is 16.7 Å². The minimum Gasteiger partial charge on any atom is -0.360 e. The van der Waals surface area contributed by atoms with Crippen LogP contribution in [0.1, 0.15) is 18.2 Å². The molecule has 0 bridgehead atoms. The molecule has 0 saturated heterocycles. The van der Waals surface area contributed by atoms with Crippen molar-refractivity contribution >= 4 is 40.0 Å². The first kappa shape index (κ1) is 16.6. The minimum absolute atomic E-state index is 0.170. The standard InChI is InChI=1S/C18H17N5O2S/c1-10-8-16-20-21-18(23(16)14-7-5-4-6-13(10)14)26-12(3)17(24)19-15-9-11(2)25-22-15/h4-9,12H,1-3H3,(H,19,22,24). The third kappa shape index (κ3) is 2.92.